The predicted molar refractivity (Wildman–Crippen MR) is 96.0 cm³/mol. The molecule has 0 N–H and O–H groups in total. The van der Waals surface area contributed by atoms with Gasteiger partial charge < -0.3 is 14.5 Å². The molecule has 3 heterocycles. The number of furan rings is 1. The highest BCUT2D eigenvalue weighted by Crippen LogP contribution is 2.23. The van der Waals surface area contributed by atoms with E-state index in [-0.39, 0.29) is 33.3 Å². The zero-order valence-corrected chi connectivity index (χ0v) is 15.6. The molecule has 9 nitrogen and oxygen atoms in total. The molecule has 0 aliphatic rings. The van der Waals surface area contributed by atoms with Gasteiger partial charge in [-0.3, -0.25) is 9.48 Å². The van der Waals surface area contributed by atoms with E-state index in [0.29, 0.717) is 11.5 Å². The second kappa shape index (κ2) is 7.26. The van der Waals surface area contributed by atoms with Gasteiger partial charge in [0.1, 0.15) is 22.5 Å². The maximum atomic E-state index is 12.1. The van der Waals surface area contributed by atoms with Crippen LogP contribution in [0.5, 0.6) is 0 Å². The highest BCUT2D eigenvalue weighted by Gasteiger charge is 2.19. The lowest BCUT2D eigenvalue weighted by Gasteiger charge is -1.93. The van der Waals surface area contributed by atoms with Crippen molar-refractivity contribution < 1.29 is 14.1 Å². The van der Waals surface area contributed by atoms with Crippen molar-refractivity contribution in [3.05, 3.63) is 67.4 Å². The van der Waals surface area contributed by atoms with Crippen molar-refractivity contribution in [3.63, 3.8) is 0 Å². The van der Waals surface area contributed by atoms with Crippen LogP contribution in [0.2, 0.25) is 5.02 Å². The third kappa shape index (κ3) is 3.92. The molecule has 0 aliphatic carbocycles. The molecule has 26 heavy (non-hydrogen) atoms. The summed E-state index contributed by atoms with van der Waals surface area (Å²) in [7, 11) is 1.67. The number of rotatable bonds is 6. The number of ketones is 1. The molecule has 0 fully saturated rings. The summed E-state index contributed by atoms with van der Waals surface area (Å²) in [6, 6.07) is 3.37. The van der Waals surface area contributed by atoms with Crippen molar-refractivity contribution in [2.75, 3.05) is 0 Å². The second-order valence-electron chi connectivity index (χ2n) is 5.26. The zero-order chi connectivity index (χ0) is 18.8. The Morgan fingerprint density at radius 1 is 1.42 bits per heavy atom. The normalized spacial score (nSPS) is 11.3. The van der Waals surface area contributed by atoms with Gasteiger partial charge in [0, 0.05) is 13.2 Å². The van der Waals surface area contributed by atoms with Gasteiger partial charge in [0.15, 0.2) is 5.69 Å². The number of halogens is 2. The summed E-state index contributed by atoms with van der Waals surface area (Å²) in [5.41, 5.74) is 0.158. The van der Waals surface area contributed by atoms with Crippen molar-refractivity contribution in [3.8, 4) is 0 Å². The van der Waals surface area contributed by atoms with Crippen LogP contribution in [0.3, 0.4) is 0 Å². The lowest BCUT2D eigenvalue weighted by molar-refractivity contribution is -0.390. The van der Waals surface area contributed by atoms with E-state index in [2.05, 4.69) is 26.1 Å². The number of carbonyl (C=O) groups excluding carboxylic acids is 1. The molecule has 134 valence electrons. The van der Waals surface area contributed by atoms with Gasteiger partial charge in [0.25, 0.3) is 0 Å². The van der Waals surface area contributed by atoms with Crippen molar-refractivity contribution in [2.45, 2.75) is 6.54 Å². The smallest absolute Gasteiger partial charge is 0.404 e. The molecule has 3 aromatic heterocycles. The molecule has 0 unspecified atom stereocenters. The lowest BCUT2D eigenvalue weighted by Crippen LogP contribution is -2.00. The molecule has 0 saturated heterocycles. The summed E-state index contributed by atoms with van der Waals surface area (Å²) in [5.74, 6) is 0.355. The standard InChI is InChI=1S/C15H11BrClN5O4/c1-20-8-12(17)14(18-20)13(23)5-4-9-2-3-10(26-9)6-21-7-11(16)15(19-21)22(24)25/h2-5,7-8H,6H2,1H3/b5-4+. The Hall–Kier alpha value is -2.72. The summed E-state index contributed by atoms with van der Waals surface area (Å²) < 4.78 is 8.70. The van der Waals surface area contributed by atoms with Gasteiger partial charge in [0.05, 0.1) is 16.3 Å². The first-order chi connectivity index (χ1) is 12.3. The second-order valence-corrected chi connectivity index (χ2v) is 6.52. The van der Waals surface area contributed by atoms with E-state index in [1.165, 1.54) is 33.9 Å². The van der Waals surface area contributed by atoms with Gasteiger partial charge in [-0.15, -0.1) is 0 Å². The van der Waals surface area contributed by atoms with E-state index in [0.717, 1.165) is 0 Å². The molecule has 0 aromatic carbocycles. The molecule has 0 spiro atoms. The van der Waals surface area contributed by atoms with E-state index in [1.54, 1.807) is 19.2 Å². The first-order valence-electron chi connectivity index (χ1n) is 7.21. The molecular formula is C15H11BrClN5O4. The van der Waals surface area contributed by atoms with E-state index >= 15 is 0 Å². The van der Waals surface area contributed by atoms with E-state index in [1.807, 2.05) is 0 Å². The summed E-state index contributed by atoms with van der Waals surface area (Å²) in [4.78, 5) is 22.3. The molecule has 3 aromatic rings. The Morgan fingerprint density at radius 2 is 2.19 bits per heavy atom. The van der Waals surface area contributed by atoms with Crippen LogP contribution in [0, 0.1) is 10.1 Å². The number of nitro groups is 1. The average molecular weight is 441 g/mol. The molecule has 0 bridgehead atoms. The summed E-state index contributed by atoms with van der Waals surface area (Å²) in [6.07, 6.45) is 5.84. The third-order valence-electron chi connectivity index (χ3n) is 3.29. The van der Waals surface area contributed by atoms with Crippen LogP contribution >= 0.6 is 27.5 Å². The maximum Gasteiger partial charge on any atom is 0.404 e. The zero-order valence-electron chi connectivity index (χ0n) is 13.3. The van der Waals surface area contributed by atoms with Gasteiger partial charge in [-0.1, -0.05) is 11.6 Å². The van der Waals surface area contributed by atoms with E-state index in [9.17, 15) is 14.9 Å². The number of hydrogen-bond donors (Lipinski definition) is 0. The SMILES string of the molecule is Cn1cc(Cl)c(C(=O)/C=C/c2ccc(Cn3cc(Br)c([N+](=O)[O-])n3)o2)n1. The fourth-order valence-corrected chi connectivity index (χ4v) is 2.92. The summed E-state index contributed by atoms with van der Waals surface area (Å²) in [6.45, 7) is 0.209. The minimum Gasteiger partial charge on any atom is -0.460 e. The molecule has 0 amide bonds. The molecule has 0 saturated carbocycles. The summed E-state index contributed by atoms with van der Waals surface area (Å²) >= 11 is 9.01. The Balaban J connectivity index is 1.70. The van der Waals surface area contributed by atoms with Gasteiger partial charge in [-0.2, -0.15) is 9.78 Å². The van der Waals surface area contributed by atoms with Gasteiger partial charge in [-0.05, 0) is 45.1 Å². The van der Waals surface area contributed by atoms with Crippen LogP contribution in [0.25, 0.3) is 6.08 Å². The largest absolute Gasteiger partial charge is 0.460 e. The number of hydrogen-bond acceptors (Lipinski definition) is 6. The van der Waals surface area contributed by atoms with Crippen LogP contribution in [-0.2, 0) is 13.6 Å². The van der Waals surface area contributed by atoms with Crippen molar-refractivity contribution in [1.29, 1.82) is 0 Å². The maximum absolute atomic E-state index is 12.1. The molecule has 11 heteroatoms. The van der Waals surface area contributed by atoms with Crippen LogP contribution < -0.4 is 0 Å². The summed E-state index contributed by atoms with van der Waals surface area (Å²) in [5, 5.41) is 18.9. The predicted octanol–water partition coefficient (Wildman–Crippen LogP) is 3.48. The Labute approximate surface area is 160 Å². The minimum atomic E-state index is -0.578. The van der Waals surface area contributed by atoms with Crippen molar-refractivity contribution >= 4 is 45.2 Å². The molecular weight excluding hydrogens is 430 g/mol. The Kier molecular flexibility index (Phi) is 5.05. The highest BCUT2D eigenvalue weighted by atomic mass is 79.9. The first-order valence-corrected chi connectivity index (χ1v) is 8.38. The molecule has 0 atom stereocenters. The number of allylic oxidation sites excluding steroid dienone is 1. The number of aromatic nitrogens is 4. The topological polar surface area (TPSA) is 109 Å². The van der Waals surface area contributed by atoms with Crippen LogP contribution in [0.15, 0.2) is 39.5 Å². The van der Waals surface area contributed by atoms with Crippen molar-refractivity contribution in [1.82, 2.24) is 19.6 Å². The van der Waals surface area contributed by atoms with Crippen LogP contribution in [0.4, 0.5) is 5.82 Å². The van der Waals surface area contributed by atoms with Crippen LogP contribution in [0.1, 0.15) is 22.0 Å². The Bertz CT molecular complexity index is 1020. The Morgan fingerprint density at radius 3 is 2.81 bits per heavy atom. The third-order valence-corrected chi connectivity index (χ3v) is 4.12. The van der Waals surface area contributed by atoms with Crippen LogP contribution in [-0.4, -0.2) is 30.3 Å². The first kappa shape index (κ1) is 18.1. The monoisotopic (exact) mass is 439 g/mol. The van der Waals surface area contributed by atoms with E-state index in [4.69, 9.17) is 16.0 Å². The van der Waals surface area contributed by atoms with Crippen molar-refractivity contribution in [2.24, 2.45) is 7.05 Å². The van der Waals surface area contributed by atoms with Gasteiger partial charge in [-0.25, -0.2) is 0 Å². The quantitative estimate of drug-likeness (QED) is 0.251. The fourth-order valence-electron chi connectivity index (χ4n) is 2.18. The molecule has 0 radical (unpaired) electrons. The van der Waals surface area contributed by atoms with Gasteiger partial charge >= 0.3 is 5.82 Å². The minimum absolute atomic E-state index is 0.158. The molecule has 3 rings (SSSR count). The fraction of sp³-hybridized carbons (Fsp3) is 0.133. The highest BCUT2D eigenvalue weighted by molar-refractivity contribution is 9.10. The van der Waals surface area contributed by atoms with E-state index < -0.39 is 4.92 Å². The average Bonchev–Trinajstić information content (AvgIpc) is 3.25. The number of carbonyl (C=O) groups is 1. The van der Waals surface area contributed by atoms with Gasteiger partial charge in [0.2, 0.25) is 5.78 Å². The number of aryl methyl sites for hydroxylation is 1. The number of nitrogens with zero attached hydrogens (tertiary/aromatic N) is 5. The molecule has 0 aliphatic heterocycles. The lowest BCUT2D eigenvalue weighted by atomic mass is 10.2.